The number of ether oxygens (including phenoxy) is 1. The van der Waals surface area contributed by atoms with Crippen molar-refractivity contribution in [2.75, 3.05) is 25.5 Å². The highest BCUT2D eigenvalue weighted by Gasteiger charge is 2.36. The summed E-state index contributed by atoms with van der Waals surface area (Å²) in [6.07, 6.45) is 2.74. The van der Waals surface area contributed by atoms with Crippen LogP contribution in [0.25, 0.3) is 0 Å². The lowest BCUT2D eigenvalue weighted by atomic mass is 10.2. The van der Waals surface area contributed by atoms with Crippen molar-refractivity contribution in [1.29, 1.82) is 0 Å². The van der Waals surface area contributed by atoms with Gasteiger partial charge in [-0.25, -0.2) is 9.78 Å². The molecule has 0 radical (unpaired) electrons. The van der Waals surface area contributed by atoms with Crippen LogP contribution >= 0.6 is 0 Å². The zero-order chi connectivity index (χ0) is 18.6. The van der Waals surface area contributed by atoms with Crippen LogP contribution in [0, 0.1) is 0 Å². The molecule has 2 heterocycles. The number of hydrogen-bond acceptors (Lipinski definition) is 5. The summed E-state index contributed by atoms with van der Waals surface area (Å²) in [7, 11) is 3.82. The molecule has 0 spiro atoms. The van der Waals surface area contributed by atoms with Crippen molar-refractivity contribution in [1.82, 2.24) is 15.2 Å². The number of nitrogens with one attached hydrogen (secondary N) is 1. The summed E-state index contributed by atoms with van der Waals surface area (Å²) in [5.41, 5.74) is 0.361. The van der Waals surface area contributed by atoms with Gasteiger partial charge in [0.25, 0.3) is 0 Å². The molecule has 1 saturated heterocycles. The third-order valence-electron chi connectivity index (χ3n) is 3.93. The minimum absolute atomic E-state index is 0.156. The number of carbonyl (C=O) groups is 2. The number of aromatic nitrogens is 1. The van der Waals surface area contributed by atoms with Gasteiger partial charge < -0.3 is 15.0 Å². The summed E-state index contributed by atoms with van der Waals surface area (Å²) in [6.45, 7) is 6.38. The average molecular weight is 348 g/mol. The fraction of sp³-hybridized carbons (Fsp3) is 0.611. The van der Waals surface area contributed by atoms with Gasteiger partial charge in [0, 0.05) is 38.9 Å². The number of hydrogen-bond donors (Lipinski definition) is 1. The number of amides is 2. The lowest BCUT2D eigenvalue weighted by molar-refractivity contribution is -0.125. The second-order valence-corrected chi connectivity index (χ2v) is 7.43. The second kappa shape index (κ2) is 7.72. The largest absolute Gasteiger partial charge is 0.444 e. The van der Waals surface area contributed by atoms with Gasteiger partial charge in [-0.1, -0.05) is 6.07 Å². The predicted octanol–water partition coefficient (Wildman–Crippen LogP) is 2.16. The van der Waals surface area contributed by atoms with Gasteiger partial charge in [-0.15, -0.1) is 0 Å². The Morgan fingerprint density at radius 1 is 1.40 bits per heavy atom. The van der Waals surface area contributed by atoms with E-state index in [0.717, 1.165) is 17.8 Å². The normalized spacial score (nSPS) is 17.3. The Bertz CT molecular complexity index is 625. The molecule has 1 aromatic heterocycles. The number of rotatable bonds is 4. The van der Waals surface area contributed by atoms with Crippen molar-refractivity contribution < 1.29 is 14.3 Å². The lowest BCUT2D eigenvalue weighted by Gasteiger charge is -2.28. The van der Waals surface area contributed by atoms with E-state index in [4.69, 9.17) is 4.74 Å². The van der Waals surface area contributed by atoms with Crippen molar-refractivity contribution >= 4 is 17.8 Å². The highest BCUT2D eigenvalue weighted by atomic mass is 16.6. The van der Waals surface area contributed by atoms with Crippen LogP contribution in [-0.2, 0) is 16.1 Å². The van der Waals surface area contributed by atoms with Crippen molar-refractivity contribution in [3.05, 3.63) is 23.9 Å². The third-order valence-corrected chi connectivity index (χ3v) is 3.93. The summed E-state index contributed by atoms with van der Waals surface area (Å²) in [5.74, 6) is 0.662. The molecule has 2 rings (SSSR count). The maximum absolute atomic E-state index is 12.6. The molecule has 2 amide bonds. The lowest BCUT2D eigenvalue weighted by Crippen LogP contribution is -2.47. The number of anilines is 1. The fourth-order valence-electron chi connectivity index (χ4n) is 2.85. The highest BCUT2D eigenvalue weighted by molar-refractivity contribution is 5.86. The van der Waals surface area contributed by atoms with E-state index in [0.29, 0.717) is 19.5 Å². The topological polar surface area (TPSA) is 74.8 Å². The number of likely N-dealkylation sites (tertiary alicyclic amines) is 1. The van der Waals surface area contributed by atoms with Gasteiger partial charge >= 0.3 is 6.09 Å². The molecule has 138 valence electrons. The van der Waals surface area contributed by atoms with Crippen molar-refractivity contribution in [2.24, 2.45) is 0 Å². The molecule has 1 aromatic rings. The van der Waals surface area contributed by atoms with Crippen LogP contribution in [0.2, 0.25) is 0 Å². The Kier molecular flexibility index (Phi) is 5.87. The molecule has 0 saturated carbocycles. The fourth-order valence-corrected chi connectivity index (χ4v) is 2.85. The first-order valence-corrected chi connectivity index (χ1v) is 8.57. The molecule has 0 aliphatic carbocycles. The zero-order valence-electron chi connectivity index (χ0n) is 15.7. The van der Waals surface area contributed by atoms with Gasteiger partial charge in [0.2, 0.25) is 5.91 Å². The van der Waals surface area contributed by atoms with Gasteiger partial charge in [0.05, 0.1) is 0 Å². The van der Waals surface area contributed by atoms with Gasteiger partial charge in [-0.3, -0.25) is 9.69 Å². The van der Waals surface area contributed by atoms with E-state index < -0.39 is 17.7 Å². The standard InChI is InChI=1S/C18H28N4O3/c1-18(2,3)25-17(24)22-11-7-9-14(22)16(23)20-12-13-8-6-10-19-15(13)21(4)5/h6,8,10,14H,7,9,11-12H2,1-5H3,(H,20,23). The summed E-state index contributed by atoms with van der Waals surface area (Å²) >= 11 is 0. The third kappa shape index (κ3) is 5.08. The van der Waals surface area contributed by atoms with E-state index in [1.165, 1.54) is 4.90 Å². The van der Waals surface area contributed by atoms with Gasteiger partial charge in [0.1, 0.15) is 17.5 Å². The minimum atomic E-state index is -0.572. The monoisotopic (exact) mass is 348 g/mol. The molecule has 0 bridgehead atoms. The van der Waals surface area contributed by atoms with Gasteiger partial charge in [-0.2, -0.15) is 0 Å². The molecule has 1 aliphatic heterocycles. The smallest absolute Gasteiger partial charge is 0.410 e. The quantitative estimate of drug-likeness (QED) is 0.902. The Labute approximate surface area is 149 Å². The number of pyridine rings is 1. The Morgan fingerprint density at radius 3 is 2.76 bits per heavy atom. The molecule has 7 nitrogen and oxygen atoms in total. The summed E-state index contributed by atoms with van der Waals surface area (Å²) in [5, 5.41) is 2.93. The molecule has 1 fully saturated rings. The summed E-state index contributed by atoms with van der Waals surface area (Å²) in [4.78, 5) is 32.6. The van der Waals surface area contributed by atoms with E-state index >= 15 is 0 Å². The van der Waals surface area contributed by atoms with E-state index in [1.54, 1.807) is 6.20 Å². The molecule has 25 heavy (non-hydrogen) atoms. The Hall–Kier alpha value is -2.31. The molecule has 1 unspecified atom stereocenters. The SMILES string of the molecule is CN(C)c1ncccc1CNC(=O)C1CCCN1C(=O)OC(C)(C)C. The van der Waals surface area contributed by atoms with Crippen molar-refractivity contribution in [2.45, 2.75) is 51.8 Å². The van der Waals surface area contributed by atoms with Crippen molar-refractivity contribution in [3.8, 4) is 0 Å². The van der Waals surface area contributed by atoms with E-state index in [2.05, 4.69) is 10.3 Å². The van der Waals surface area contributed by atoms with Crippen LogP contribution < -0.4 is 10.2 Å². The van der Waals surface area contributed by atoms with Gasteiger partial charge in [-0.05, 0) is 39.7 Å². The second-order valence-electron chi connectivity index (χ2n) is 7.43. The van der Waals surface area contributed by atoms with E-state index in [1.807, 2.05) is 51.9 Å². The molecule has 1 aliphatic rings. The van der Waals surface area contributed by atoms with Crippen LogP contribution in [-0.4, -0.2) is 54.2 Å². The average Bonchev–Trinajstić information content (AvgIpc) is 3.01. The van der Waals surface area contributed by atoms with Gasteiger partial charge in [0.15, 0.2) is 0 Å². The Morgan fingerprint density at radius 2 is 2.12 bits per heavy atom. The summed E-state index contributed by atoms with van der Waals surface area (Å²) in [6, 6.07) is 3.30. The first-order valence-electron chi connectivity index (χ1n) is 8.57. The molecule has 7 heteroatoms. The zero-order valence-corrected chi connectivity index (χ0v) is 15.7. The Balaban J connectivity index is 1.99. The molecular formula is C18H28N4O3. The highest BCUT2D eigenvalue weighted by Crippen LogP contribution is 2.21. The molecule has 0 aromatic carbocycles. The van der Waals surface area contributed by atoms with Crippen LogP contribution in [0.3, 0.4) is 0 Å². The predicted molar refractivity (Wildman–Crippen MR) is 96.4 cm³/mol. The van der Waals surface area contributed by atoms with Crippen molar-refractivity contribution in [3.63, 3.8) is 0 Å². The van der Waals surface area contributed by atoms with E-state index in [9.17, 15) is 9.59 Å². The van der Waals surface area contributed by atoms with Crippen LogP contribution in [0.15, 0.2) is 18.3 Å². The summed E-state index contributed by atoms with van der Waals surface area (Å²) < 4.78 is 5.41. The van der Waals surface area contributed by atoms with Crippen LogP contribution in [0.5, 0.6) is 0 Å². The van der Waals surface area contributed by atoms with Crippen LogP contribution in [0.1, 0.15) is 39.2 Å². The molecule has 1 atom stereocenters. The number of carbonyl (C=O) groups excluding carboxylic acids is 2. The molecular weight excluding hydrogens is 320 g/mol. The van der Waals surface area contributed by atoms with Crippen LogP contribution in [0.4, 0.5) is 10.6 Å². The van der Waals surface area contributed by atoms with E-state index in [-0.39, 0.29) is 5.91 Å². The maximum atomic E-state index is 12.6. The maximum Gasteiger partial charge on any atom is 0.410 e. The first-order chi connectivity index (χ1) is 11.7. The molecule has 1 N–H and O–H groups in total. The minimum Gasteiger partial charge on any atom is -0.444 e. The first kappa shape index (κ1) is 19.0. The number of nitrogens with zero attached hydrogens (tertiary/aromatic N) is 3.